The van der Waals surface area contributed by atoms with E-state index in [9.17, 15) is 0 Å². The average Bonchev–Trinajstić information content (AvgIpc) is 2.34. The number of nitrogens with two attached hydrogens (primary N) is 2. The van der Waals surface area contributed by atoms with E-state index in [-0.39, 0.29) is 0 Å². The van der Waals surface area contributed by atoms with Crippen molar-refractivity contribution in [3.05, 3.63) is 35.9 Å². The molecule has 0 amide bonds. The van der Waals surface area contributed by atoms with Crippen LogP contribution in [0.2, 0.25) is 0 Å². The van der Waals surface area contributed by atoms with Crippen molar-refractivity contribution in [2.24, 2.45) is 11.5 Å². The summed E-state index contributed by atoms with van der Waals surface area (Å²) in [6.07, 6.45) is 0. The van der Waals surface area contributed by atoms with Gasteiger partial charge in [0.15, 0.2) is 0 Å². The second-order valence-electron chi connectivity index (χ2n) is 2.33. The standard InChI is InChI=1S/C7H8.2C2H6.2CH3NOS/c1-7-5-3-2-4-6-7;2*1-2;2*2-1(3)4/h2-6H,1H3;2*1-2H3;2*(H3,2,3,4). The molecule has 112 valence electrons. The highest BCUT2D eigenvalue weighted by molar-refractivity contribution is 7.80. The SMILES string of the molecule is CC.CC.Cc1ccccc1.NC(O)=S.NC(O)=S. The van der Waals surface area contributed by atoms with Crippen molar-refractivity contribution in [3.8, 4) is 0 Å². The van der Waals surface area contributed by atoms with Crippen LogP contribution in [0, 0.1) is 6.92 Å². The van der Waals surface area contributed by atoms with Crippen molar-refractivity contribution in [3.63, 3.8) is 0 Å². The minimum Gasteiger partial charge on any atom is -0.487 e. The molecule has 1 rings (SSSR count). The number of hydrogen-bond donors (Lipinski definition) is 4. The van der Waals surface area contributed by atoms with Crippen LogP contribution < -0.4 is 11.5 Å². The first-order chi connectivity index (χ1) is 8.86. The maximum atomic E-state index is 7.56. The lowest BCUT2D eigenvalue weighted by Crippen LogP contribution is -2.03. The Morgan fingerprint density at radius 3 is 1.16 bits per heavy atom. The van der Waals surface area contributed by atoms with Crippen molar-refractivity contribution >= 4 is 34.8 Å². The molecule has 0 aliphatic heterocycles. The van der Waals surface area contributed by atoms with Crippen molar-refractivity contribution in [2.45, 2.75) is 34.6 Å². The molecule has 0 heterocycles. The van der Waals surface area contributed by atoms with Gasteiger partial charge in [-0.3, -0.25) is 0 Å². The molecule has 6 heteroatoms. The van der Waals surface area contributed by atoms with Crippen LogP contribution in [0.15, 0.2) is 30.3 Å². The Kier molecular flexibility index (Phi) is 35.1. The molecule has 0 radical (unpaired) electrons. The Bertz CT molecular complexity index is 274. The van der Waals surface area contributed by atoms with E-state index in [2.05, 4.69) is 55.0 Å². The van der Waals surface area contributed by atoms with Gasteiger partial charge in [-0.1, -0.05) is 63.6 Å². The van der Waals surface area contributed by atoms with Crippen molar-refractivity contribution in [2.75, 3.05) is 0 Å². The van der Waals surface area contributed by atoms with Gasteiger partial charge in [0.1, 0.15) is 0 Å². The molecule has 0 aromatic heterocycles. The summed E-state index contributed by atoms with van der Waals surface area (Å²) in [5.41, 5.74) is 10.1. The van der Waals surface area contributed by atoms with E-state index in [1.165, 1.54) is 5.56 Å². The predicted molar refractivity (Wildman–Crippen MR) is 92.7 cm³/mol. The summed E-state index contributed by atoms with van der Waals surface area (Å²) in [7, 11) is 0. The molecule has 6 N–H and O–H groups in total. The zero-order valence-corrected chi connectivity index (χ0v) is 13.9. The zero-order valence-electron chi connectivity index (χ0n) is 12.3. The fourth-order valence-electron chi connectivity index (χ4n) is 0.534. The van der Waals surface area contributed by atoms with Crippen molar-refractivity contribution < 1.29 is 10.2 Å². The fraction of sp³-hybridized carbons (Fsp3) is 0.385. The monoisotopic (exact) mass is 306 g/mol. The third-order valence-corrected chi connectivity index (χ3v) is 0.940. The lowest BCUT2D eigenvalue weighted by Gasteiger charge is -1.82. The first-order valence-corrected chi connectivity index (χ1v) is 6.66. The van der Waals surface area contributed by atoms with Crippen LogP contribution in [0.4, 0.5) is 0 Å². The third-order valence-electron chi connectivity index (χ3n) is 0.940. The lowest BCUT2D eigenvalue weighted by molar-refractivity contribution is 0.559. The van der Waals surface area contributed by atoms with Crippen molar-refractivity contribution in [1.29, 1.82) is 0 Å². The van der Waals surface area contributed by atoms with Crippen LogP contribution in [-0.2, 0) is 0 Å². The van der Waals surface area contributed by atoms with E-state index >= 15 is 0 Å². The Hall–Kier alpha value is -1.40. The first kappa shape index (κ1) is 26.2. The van der Waals surface area contributed by atoms with Crippen LogP contribution in [0.1, 0.15) is 33.3 Å². The van der Waals surface area contributed by atoms with E-state index in [1.807, 2.05) is 45.9 Å². The largest absolute Gasteiger partial charge is 0.487 e. The smallest absolute Gasteiger partial charge is 0.251 e. The van der Waals surface area contributed by atoms with E-state index in [1.54, 1.807) is 0 Å². The quantitative estimate of drug-likeness (QED) is 0.547. The molecule has 1 aromatic carbocycles. The van der Waals surface area contributed by atoms with Crippen LogP contribution in [0.3, 0.4) is 0 Å². The lowest BCUT2D eigenvalue weighted by atomic mass is 10.2. The van der Waals surface area contributed by atoms with Crippen LogP contribution >= 0.6 is 24.4 Å². The minimum atomic E-state index is -0.500. The number of rotatable bonds is 0. The second kappa shape index (κ2) is 25.4. The van der Waals surface area contributed by atoms with Crippen LogP contribution in [0.25, 0.3) is 0 Å². The van der Waals surface area contributed by atoms with Gasteiger partial charge in [-0.25, -0.2) is 0 Å². The number of aryl methyl sites for hydroxylation is 1. The van der Waals surface area contributed by atoms with Crippen LogP contribution in [-0.4, -0.2) is 20.6 Å². The summed E-state index contributed by atoms with van der Waals surface area (Å²) in [6, 6.07) is 10.3. The van der Waals surface area contributed by atoms with Gasteiger partial charge in [0, 0.05) is 0 Å². The van der Waals surface area contributed by atoms with E-state index in [0.717, 1.165) is 0 Å². The molecule has 0 aliphatic carbocycles. The van der Waals surface area contributed by atoms with Gasteiger partial charge < -0.3 is 21.7 Å². The van der Waals surface area contributed by atoms with Gasteiger partial charge in [0.25, 0.3) is 10.3 Å². The predicted octanol–water partition coefficient (Wildman–Crippen LogP) is 3.62. The maximum Gasteiger partial charge on any atom is 0.251 e. The Morgan fingerprint density at radius 1 is 0.842 bits per heavy atom. The number of aliphatic hydroxyl groups excluding tert-OH is 2. The van der Waals surface area contributed by atoms with E-state index in [0.29, 0.717) is 0 Å². The van der Waals surface area contributed by atoms with Gasteiger partial charge in [-0.15, -0.1) is 0 Å². The number of hydrogen-bond acceptors (Lipinski definition) is 2. The summed E-state index contributed by atoms with van der Waals surface area (Å²) in [5, 5.41) is 14.1. The normalized spacial score (nSPS) is 6.37. The highest BCUT2D eigenvalue weighted by Gasteiger charge is 1.72. The number of thiocarbonyl (C=S) groups is 2. The second-order valence-corrected chi connectivity index (χ2v) is 3.17. The molecule has 1 aromatic rings. The van der Waals surface area contributed by atoms with E-state index in [4.69, 9.17) is 10.2 Å². The van der Waals surface area contributed by atoms with Gasteiger partial charge in [0.05, 0.1) is 0 Å². The minimum absolute atomic E-state index is 0.500. The fourth-order valence-corrected chi connectivity index (χ4v) is 0.534. The number of aliphatic hydroxyl groups is 2. The summed E-state index contributed by atoms with van der Waals surface area (Å²) < 4.78 is 0. The molecule has 0 atom stereocenters. The zero-order chi connectivity index (χ0) is 16.3. The Labute approximate surface area is 127 Å². The molecular weight excluding hydrogens is 280 g/mol. The van der Waals surface area contributed by atoms with Gasteiger partial charge >= 0.3 is 0 Å². The molecule has 0 aliphatic rings. The van der Waals surface area contributed by atoms with Crippen LogP contribution in [0.5, 0.6) is 0 Å². The molecule has 0 unspecified atom stereocenters. The molecule has 19 heavy (non-hydrogen) atoms. The van der Waals surface area contributed by atoms with E-state index < -0.39 is 10.3 Å². The van der Waals surface area contributed by atoms with Crippen molar-refractivity contribution in [1.82, 2.24) is 0 Å². The molecule has 0 saturated heterocycles. The molecule has 4 nitrogen and oxygen atoms in total. The summed E-state index contributed by atoms with van der Waals surface area (Å²) in [6.45, 7) is 10.1. The topological polar surface area (TPSA) is 92.5 Å². The average molecular weight is 306 g/mol. The summed E-state index contributed by atoms with van der Waals surface area (Å²) in [4.78, 5) is 0. The maximum absolute atomic E-state index is 7.56. The molecule has 0 saturated carbocycles. The molecule has 0 spiro atoms. The Morgan fingerprint density at radius 2 is 1.05 bits per heavy atom. The first-order valence-electron chi connectivity index (χ1n) is 5.84. The molecular formula is C13H26N2O2S2. The third kappa shape index (κ3) is 81.2. The summed E-state index contributed by atoms with van der Waals surface area (Å²) in [5.74, 6) is 0. The summed E-state index contributed by atoms with van der Waals surface area (Å²) >= 11 is 7.74. The molecule has 0 fully saturated rings. The molecule has 0 bridgehead atoms. The Balaban J connectivity index is -0.0000000826. The highest BCUT2D eigenvalue weighted by atomic mass is 32.1. The van der Waals surface area contributed by atoms with Gasteiger partial charge in [0.2, 0.25) is 0 Å². The number of benzene rings is 1. The van der Waals surface area contributed by atoms with Gasteiger partial charge in [-0.05, 0) is 31.4 Å². The van der Waals surface area contributed by atoms with Gasteiger partial charge in [-0.2, -0.15) is 0 Å². The highest BCUT2D eigenvalue weighted by Crippen LogP contribution is 1.92.